The zero-order valence-corrected chi connectivity index (χ0v) is 12.3. The number of aromatic nitrogens is 2. The summed E-state index contributed by atoms with van der Waals surface area (Å²) in [5.74, 6) is 1.20. The molecule has 8 heteroatoms. The molecule has 0 atom stereocenters. The van der Waals surface area contributed by atoms with Gasteiger partial charge in [0.1, 0.15) is 11.0 Å². The molecule has 0 aliphatic rings. The molecule has 1 aromatic heterocycles. The average molecular weight is 310 g/mol. The maximum Gasteiger partial charge on any atom is 0.273 e. The van der Waals surface area contributed by atoms with Crippen LogP contribution in [0.5, 0.6) is 17.4 Å². The van der Waals surface area contributed by atoms with E-state index in [9.17, 15) is 10.1 Å². The third-order valence-electron chi connectivity index (χ3n) is 2.72. The van der Waals surface area contributed by atoms with E-state index in [1.165, 1.54) is 25.3 Å². The van der Waals surface area contributed by atoms with E-state index in [1.54, 1.807) is 13.8 Å². The summed E-state index contributed by atoms with van der Waals surface area (Å²) in [7, 11) is 1.44. The van der Waals surface area contributed by atoms with Crippen LogP contribution in [0.4, 0.5) is 5.69 Å². The van der Waals surface area contributed by atoms with Gasteiger partial charge >= 0.3 is 0 Å². The lowest BCUT2D eigenvalue weighted by Gasteiger charge is -2.12. The number of nitrogens with zero attached hydrogens (tertiary/aromatic N) is 3. The molecule has 2 aromatic rings. The van der Waals surface area contributed by atoms with E-state index in [-0.39, 0.29) is 22.5 Å². The molecule has 0 aliphatic heterocycles. The second-order valence-corrected chi connectivity index (χ2v) is 4.54. The van der Waals surface area contributed by atoms with Crippen molar-refractivity contribution in [3.05, 3.63) is 44.9 Å². The van der Waals surface area contributed by atoms with Crippen LogP contribution in [-0.2, 0) is 0 Å². The van der Waals surface area contributed by atoms with Crippen LogP contribution in [-0.4, -0.2) is 22.0 Å². The Morgan fingerprint density at radius 1 is 1.24 bits per heavy atom. The van der Waals surface area contributed by atoms with Crippen molar-refractivity contribution in [1.82, 2.24) is 9.97 Å². The number of methoxy groups -OCH3 is 1. The third-order valence-corrected chi connectivity index (χ3v) is 3.09. The zero-order chi connectivity index (χ0) is 15.6. The van der Waals surface area contributed by atoms with E-state index in [1.807, 2.05) is 0 Å². The van der Waals surface area contributed by atoms with E-state index < -0.39 is 4.92 Å². The summed E-state index contributed by atoms with van der Waals surface area (Å²) in [6.07, 6.45) is 0. The van der Waals surface area contributed by atoms with Crippen molar-refractivity contribution in [3.63, 3.8) is 0 Å². The lowest BCUT2D eigenvalue weighted by Crippen LogP contribution is -1.99. The number of ether oxygens (including phenoxy) is 2. The van der Waals surface area contributed by atoms with Gasteiger partial charge in [0.2, 0.25) is 5.88 Å². The van der Waals surface area contributed by atoms with E-state index in [4.69, 9.17) is 21.1 Å². The summed E-state index contributed by atoms with van der Waals surface area (Å²) in [6, 6.07) is 4.05. The van der Waals surface area contributed by atoms with Crippen LogP contribution >= 0.6 is 11.6 Å². The molecule has 7 nitrogen and oxygen atoms in total. The monoisotopic (exact) mass is 309 g/mol. The first-order valence-electron chi connectivity index (χ1n) is 5.93. The molecule has 0 radical (unpaired) electrons. The van der Waals surface area contributed by atoms with Gasteiger partial charge in [-0.05, 0) is 19.9 Å². The number of benzene rings is 1. The van der Waals surface area contributed by atoms with Crippen LogP contribution in [0.3, 0.4) is 0 Å². The highest BCUT2D eigenvalue weighted by atomic mass is 35.5. The van der Waals surface area contributed by atoms with Gasteiger partial charge in [-0.15, -0.1) is 0 Å². The molecule has 0 saturated carbocycles. The van der Waals surface area contributed by atoms with Gasteiger partial charge in [-0.2, -0.15) is 4.98 Å². The molecule has 0 unspecified atom stereocenters. The van der Waals surface area contributed by atoms with Gasteiger partial charge in [-0.1, -0.05) is 11.6 Å². The lowest BCUT2D eigenvalue weighted by atomic mass is 10.3. The van der Waals surface area contributed by atoms with Gasteiger partial charge in [0.15, 0.2) is 11.5 Å². The SMILES string of the molecule is COc1ccc([N+](=O)[O-])cc1Oc1nc(C)nc(Cl)c1C. The number of hydrogen-bond acceptors (Lipinski definition) is 6. The van der Waals surface area contributed by atoms with Crippen LogP contribution in [0.15, 0.2) is 18.2 Å². The second-order valence-electron chi connectivity index (χ2n) is 4.19. The highest BCUT2D eigenvalue weighted by Gasteiger charge is 2.16. The molecule has 2 rings (SSSR count). The first-order valence-corrected chi connectivity index (χ1v) is 6.31. The van der Waals surface area contributed by atoms with Gasteiger partial charge in [0.05, 0.1) is 18.1 Å². The van der Waals surface area contributed by atoms with Crippen molar-refractivity contribution < 1.29 is 14.4 Å². The van der Waals surface area contributed by atoms with Gasteiger partial charge < -0.3 is 9.47 Å². The fraction of sp³-hybridized carbons (Fsp3) is 0.231. The molecule has 21 heavy (non-hydrogen) atoms. The summed E-state index contributed by atoms with van der Waals surface area (Å²) < 4.78 is 10.7. The van der Waals surface area contributed by atoms with Crippen molar-refractivity contribution in [1.29, 1.82) is 0 Å². The van der Waals surface area contributed by atoms with E-state index in [0.717, 1.165) is 0 Å². The normalized spacial score (nSPS) is 10.3. The Bertz CT molecular complexity index is 706. The molecule has 0 fully saturated rings. The zero-order valence-electron chi connectivity index (χ0n) is 11.6. The number of halogens is 1. The first-order chi connectivity index (χ1) is 9.92. The fourth-order valence-electron chi connectivity index (χ4n) is 1.63. The van der Waals surface area contributed by atoms with Crippen molar-refractivity contribution in [3.8, 4) is 17.4 Å². The van der Waals surface area contributed by atoms with Crippen LogP contribution in [0.2, 0.25) is 5.15 Å². The minimum absolute atomic E-state index is 0.111. The van der Waals surface area contributed by atoms with Crippen molar-refractivity contribution in [2.75, 3.05) is 7.11 Å². The Morgan fingerprint density at radius 2 is 1.95 bits per heavy atom. The van der Waals surface area contributed by atoms with Crippen LogP contribution in [0.1, 0.15) is 11.4 Å². The van der Waals surface area contributed by atoms with Gasteiger partial charge in [0, 0.05) is 11.6 Å². The van der Waals surface area contributed by atoms with E-state index in [0.29, 0.717) is 17.1 Å². The maximum absolute atomic E-state index is 10.8. The molecule has 0 aliphatic carbocycles. The number of nitro benzene ring substituents is 1. The summed E-state index contributed by atoms with van der Waals surface area (Å²) in [4.78, 5) is 18.5. The Balaban J connectivity index is 2.47. The van der Waals surface area contributed by atoms with E-state index >= 15 is 0 Å². The number of aryl methyl sites for hydroxylation is 1. The number of nitro groups is 1. The molecule has 0 bridgehead atoms. The van der Waals surface area contributed by atoms with Crippen molar-refractivity contribution in [2.45, 2.75) is 13.8 Å². The number of hydrogen-bond donors (Lipinski definition) is 0. The number of rotatable bonds is 4. The predicted molar refractivity (Wildman–Crippen MR) is 76.2 cm³/mol. The maximum atomic E-state index is 10.8. The van der Waals surface area contributed by atoms with Crippen LogP contribution in [0, 0.1) is 24.0 Å². The molecular weight excluding hydrogens is 298 g/mol. The quantitative estimate of drug-likeness (QED) is 0.488. The fourth-order valence-corrected chi connectivity index (χ4v) is 1.84. The Kier molecular flexibility index (Phi) is 4.23. The Labute approximate surface area is 125 Å². The summed E-state index contributed by atoms with van der Waals surface area (Å²) >= 11 is 5.97. The first kappa shape index (κ1) is 15.0. The van der Waals surface area contributed by atoms with Crippen LogP contribution in [0.25, 0.3) is 0 Å². The molecule has 0 saturated heterocycles. The van der Waals surface area contributed by atoms with Gasteiger partial charge in [-0.25, -0.2) is 4.98 Å². The highest BCUT2D eigenvalue weighted by molar-refractivity contribution is 6.30. The largest absolute Gasteiger partial charge is 0.493 e. The molecule has 1 heterocycles. The third kappa shape index (κ3) is 3.19. The molecular formula is C13H12ClN3O4. The molecule has 0 N–H and O–H groups in total. The van der Waals surface area contributed by atoms with Crippen molar-refractivity contribution in [2.24, 2.45) is 0 Å². The Morgan fingerprint density at radius 3 is 2.57 bits per heavy atom. The molecule has 0 amide bonds. The predicted octanol–water partition coefficient (Wildman–Crippen LogP) is 3.46. The highest BCUT2D eigenvalue weighted by Crippen LogP contribution is 2.35. The second kappa shape index (κ2) is 5.92. The van der Waals surface area contributed by atoms with Crippen molar-refractivity contribution >= 4 is 17.3 Å². The summed E-state index contributed by atoms with van der Waals surface area (Å²) in [5.41, 5.74) is 0.427. The van der Waals surface area contributed by atoms with Gasteiger partial charge in [0.25, 0.3) is 5.69 Å². The number of non-ortho nitro benzene ring substituents is 1. The summed E-state index contributed by atoms with van der Waals surface area (Å²) in [5, 5.41) is 11.1. The molecule has 1 aromatic carbocycles. The minimum Gasteiger partial charge on any atom is -0.493 e. The Hall–Kier alpha value is -2.41. The smallest absolute Gasteiger partial charge is 0.273 e. The lowest BCUT2D eigenvalue weighted by molar-refractivity contribution is -0.384. The van der Waals surface area contributed by atoms with E-state index in [2.05, 4.69) is 9.97 Å². The standard InChI is InChI=1S/C13H12ClN3O4/c1-7-12(14)15-8(2)16-13(7)21-11-6-9(17(18)19)4-5-10(11)20-3/h4-6H,1-3H3. The molecule has 110 valence electrons. The average Bonchev–Trinajstić information content (AvgIpc) is 2.44. The van der Waals surface area contributed by atoms with Crippen LogP contribution < -0.4 is 9.47 Å². The minimum atomic E-state index is -0.517. The van der Waals surface area contributed by atoms with Gasteiger partial charge in [-0.3, -0.25) is 10.1 Å². The summed E-state index contributed by atoms with van der Waals surface area (Å²) in [6.45, 7) is 3.36. The topological polar surface area (TPSA) is 87.4 Å². The molecule has 0 spiro atoms.